The zero-order valence-corrected chi connectivity index (χ0v) is 8.97. The van der Waals surface area contributed by atoms with E-state index in [9.17, 15) is 9.59 Å². The van der Waals surface area contributed by atoms with E-state index in [1.165, 1.54) is 12.2 Å². The Morgan fingerprint density at radius 1 is 1.38 bits per heavy atom. The second kappa shape index (κ2) is 5.70. The Kier molecular flexibility index (Phi) is 4.27. The third-order valence-electron chi connectivity index (χ3n) is 1.88. The first-order chi connectivity index (χ1) is 7.65. The summed E-state index contributed by atoms with van der Waals surface area (Å²) >= 11 is 0. The average molecular weight is 219 g/mol. The molecule has 0 bridgehead atoms. The van der Waals surface area contributed by atoms with Gasteiger partial charge in [-0.1, -0.05) is 18.2 Å². The fraction of sp³-hybridized carbons (Fsp3) is 0.167. The molecule has 1 aromatic carbocycles. The van der Waals surface area contributed by atoms with E-state index in [0.717, 1.165) is 0 Å². The highest BCUT2D eigenvalue weighted by Gasteiger charge is 2.09. The number of hydrogen-bond acceptors (Lipinski definition) is 3. The average Bonchev–Trinajstić information content (AvgIpc) is 2.27. The number of carbonyl (C=O) groups is 2. The number of benzene rings is 1. The van der Waals surface area contributed by atoms with Gasteiger partial charge in [0.1, 0.15) is 0 Å². The van der Waals surface area contributed by atoms with Crippen molar-refractivity contribution in [3.8, 4) is 0 Å². The van der Waals surface area contributed by atoms with Gasteiger partial charge in [0.2, 0.25) is 5.91 Å². The summed E-state index contributed by atoms with van der Waals surface area (Å²) in [6, 6.07) is 6.85. The smallest absolute Gasteiger partial charge is 0.338 e. The number of carbonyl (C=O) groups excluding carboxylic acids is 2. The largest absolute Gasteiger partial charge is 0.462 e. The summed E-state index contributed by atoms with van der Waals surface area (Å²) in [5, 5.41) is 0. The summed E-state index contributed by atoms with van der Waals surface area (Å²) in [6.07, 6.45) is 2.70. The summed E-state index contributed by atoms with van der Waals surface area (Å²) in [4.78, 5) is 22.1. The molecular weight excluding hydrogens is 206 g/mol. The standard InChI is InChI=1S/C12H13NO3/c1-2-16-12(15)10-6-4-3-5-9(10)7-8-11(13)14/h3-8H,2H2,1H3,(H2,13,14)/b8-7+. The van der Waals surface area contributed by atoms with E-state index in [1.807, 2.05) is 0 Å². The van der Waals surface area contributed by atoms with Gasteiger partial charge in [0.15, 0.2) is 0 Å². The fourth-order valence-electron chi connectivity index (χ4n) is 1.21. The maximum absolute atomic E-state index is 11.5. The molecule has 0 fully saturated rings. The van der Waals surface area contributed by atoms with E-state index >= 15 is 0 Å². The number of amides is 1. The second-order valence-corrected chi connectivity index (χ2v) is 3.04. The Labute approximate surface area is 93.7 Å². The molecule has 0 spiro atoms. The molecule has 0 radical (unpaired) electrons. The summed E-state index contributed by atoms with van der Waals surface area (Å²) < 4.78 is 4.89. The summed E-state index contributed by atoms with van der Waals surface area (Å²) in [7, 11) is 0. The monoisotopic (exact) mass is 219 g/mol. The van der Waals surface area contributed by atoms with Crippen molar-refractivity contribution in [1.29, 1.82) is 0 Å². The van der Waals surface area contributed by atoms with Crippen molar-refractivity contribution in [1.82, 2.24) is 0 Å². The van der Waals surface area contributed by atoms with Gasteiger partial charge in [-0.15, -0.1) is 0 Å². The minimum absolute atomic E-state index is 0.312. The van der Waals surface area contributed by atoms with Crippen LogP contribution in [0.5, 0.6) is 0 Å². The van der Waals surface area contributed by atoms with Crippen molar-refractivity contribution < 1.29 is 14.3 Å². The molecule has 1 amide bonds. The summed E-state index contributed by atoms with van der Waals surface area (Å²) in [5.74, 6) is -0.967. The lowest BCUT2D eigenvalue weighted by Crippen LogP contribution is -2.08. The number of hydrogen-bond donors (Lipinski definition) is 1. The molecule has 0 aromatic heterocycles. The van der Waals surface area contributed by atoms with Gasteiger partial charge in [-0.3, -0.25) is 4.79 Å². The lowest BCUT2D eigenvalue weighted by molar-refractivity contribution is -0.113. The van der Waals surface area contributed by atoms with Crippen LogP contribution in [0.1, 0.15) is 22.8 Å². The van der Waals surface area contributed by atoms with Crippen LogP contribution < -0.4 is 5.73 Å². The molecule has 0 atom stereocenters. The van der Waals surface area contributed by atoms with Gasteiger partial charge in [-0.05, 0) is 24.6 Å². The molecule has 0 saturated heterocycles. The van der Waals surface area contributed by atoms with E-state index in [-0.39, 0.29) is 0 Å². The number of esters is 1. The Morgan fingerprint density at radius 3 is 2.69 bits per heavy atom. The summed E-state index contributed by atoms with van der Waals surface area (Å²) in [5.41, 5.74) is 6.01. The molecule has 0 aliphatic heterocycles. The highest BCUT2D eigenvalue weighted by Crippen LogP contribution is 2.12. The SMILES string of the molecule is CCOC(=O)c1ccccc1/C=C/C(N)=O. The summed E-state index contributed by atoms with van der Waals surface area (Å²) in [6.45, 7) is 2.05. The Bertz CT molecular complexity index is 424. The zero-order valence-electron chi connectivity index (χ0n) is 8.97. The van der Waals surface area contributed by atoms with Crippen LogP contribution in [-0.2, 0) is 9.53 Å². The lowest BCUT2D eigenvalue weighted by Gasteiger charge is -2.04. The molecule has 0 saturated carbocycles. The molecule has 1 aromatic rings. The van der Waals surface area contributed by atoms with Crippen LogP contribution in [0, 0.1) is 0 Å². The van der Waals surface area contributed by atoms with Gasteiger partial charge in [0.25, 0.3) is 0 Å². The van der Waals surface area contributed by atoms with Gasteiger partial charge in [-0.2, -0.15) is 0 Å². The molecule has 0 aliphatic carbocycles. The van der Waals surface area contributed by atoms with E-state index in [4.69, 9.17) is 10.5 Å². The Balaban J connectivity index is 3.00. The molecule has 0 aliphatic rings. The van der Waals surface area contributed by atoms with Crippen molar-refractivity contribution in [2.75, 3.05) is 6.61 Å². The third kappa shape index (κ3) is 3.24. The van der Waals surface area contributed by atoms with Gasteiger partial charge >= 0.3 is 5.97 Å². The van der Waals surface area contributed by atoms with E-state index in [2.05, 4.69) is 0 Å². The normalized spacial score (nSPS) is 10.3. The topological polar surface area (TPSA) is 69.4 Å². The fourth-order valence-corrected chi connectivity index (χ4v) is 1.21. The maximum Gasteiger partial charge on any atom is 0.338 e. The van der Waals surface area contributed by atoms with Crippen molar-refractivity contribution >= 4 is 18.0 Å². The first-order valence-corrected chi connectivity index (χ1v) is 4.88. The van der Waals surface area contributed by atoms with Crippen LogP contribution in [0.4, 0.5) is 0 Å². The minimum Gasteiger partial charge on any atom is -0.462 e. The number of ether oxygens (including phenoxy) is 1. The van der Waals surface area contributed by atoms with Crippen LogP contribution in [0.3, 0.4) is 0 Å². The number of rotatable bonds is 4. The third-order valence-corrected chi connectivity index (χ3v) is 1.88. The number of primary amides is 1. The Morgan fingerprint density at radius 2 is 2.06 bits per heavy atom. The second-order valence-electron chi connectivity index (χ2n) is 3.04. The lowest BCUT2D eigenvalue weighted by atomic mass is 10.1. The van der Waals surface area contributed by atoms with Crippen molar-refractivity contribution in [2.24, 2.45) is 5.73 Å². The van der Waals surface area contributed by atoms with Crippen molar-refractivity contribution in [2.45, 2.75) is 6.92 Å². The van der Waals surface area contributed by atoms with Gasteiger partial charge in [-0.25, -0.2) is 4.79 Å². The molecule has 0 unspecified atom stereocenters. The molecule has 4 heteroatoms. The van der Waals surface area contributed by atoms with Gasteiger partial charge in [0.05, 0.1) is 12.2 Å². The van der Waals surface area contributed by atoms with Crippen molar-refractivity contribution in [3.05, 3.63) is 41.5 Å². The Hall–Kier alpha value is -2.10. The van der Waals surface area contributed by atoms with Crippen LogP contribution >= 0.6 is 0 Å². The molecule has 2 N–H and O–H groups in total. The van der Waals surface area contributed by atoms with Gasteiger partial charge < -0.3 is 10.5 Å². The molecule has 1 rings (SSSR count). The van der Waals surface area contributed by atoms with Crippen LogP contribution in [0.25, 0.3) is 6.08 Å². The highest BCUT2D eigenvalue weighted by atomic mass is 16.5. The predicted molar refractivity (Wildman–Crippen MR) is 60.6 cm³/mol. The van der Waals surface area contributed by atoms with Crippen LogP contribution in [0.15, 0.2) is 30.3 Å². The first kappa shape index (κ1) is 12.0. The van der Waals surface area contributed by atoms with Crippen molar-refractivity contribution in [3.63, 3.8) is 0 Å². The molecule has 0 heterocycles. The van der Waals surface area contributed by atoms with Crippen LogP contribution in [-0.4, -0.2) is 18.5 Å². The van der Waals surface area contributed by atoms with E-state index in [1.54, 1.807) is 31.2 Å². The molecule has 16 heavy (non-hydrogen) atoms. The zero-order chi connectivity index (χ0) is 12.0. The van der Waals surface area contributed by atoms with Crippen LogP contribution in [0.2, 0.25) is 0 Å². The predicted octanol–water partition coefficient (Wildman–Crippen LogP) is 1.36. The first-order valence-electron chi connectivity index (χ1n) is 4.88. The highest BCUT2D eigenvalue weighted by molar-refractivity contribution is 5.96. The quantitative estimate of drug-likeness (QED) is 0.614. The van der Waals surface area contributed by atoms with E-state index in [0.29, 0.717) is 17.7 Å². The minimum atomic E-state index is -0.557. The molecular formula is C12H13NO3. The van der Waals surface area contributed by atoms with Gasteiger partial charge in [0, 0.05) is 6.08 Å². The maximum atomic E-state index is 11.5. The molecule has 84 valence electrons. The number of nitrogens with two attached hydrogens (primary N) is 1. The van der Waals surface area contributed by atoms with E-state index < -0.39 is 11.9 Å². The molecule has 4 nitrogen and oxygen atoms in total.